The van der Waals surface area contributed by atoms with E-state index in [1.807, 2.05) is 0 Å². The van der Waals surface area contributed by atoms with Crippen LogP contribution in [0.15, 0.2) is 25.5 Å². The lowest BCUT2D eigenvalue weighted by Gasteiger charge is -2.01. The first-order valence-corrected chi connectivity index (χ1v) is 5.84. The van der Waals surface area contributed by atoms with Gasteiger partial charge in [-0.05, 0) is 15.9 Å². The number of nitrogens with zero attached hydrogens (tertiary/aromatic N) is 4. The lowest BCUT2D eigenvalue weighted by atomic mass is 10.6. The maximum Gasteiger partial charge on any atom is 0.284 e. The normalized spacial score (nSPS) is 10.4. The Morgan fingerprint density at radius 1 is 1.44 bits per heavy atom. The molecule has 2 heterocycles. The van der Waals surface area contributed by atoms with Gasteiger partial charge in [0.25, 0.3) is 5.22 Å². The van der Waals surface area contributed by atoms with Crippen molar-refractivity contribution in [1.29, 1.82) is 0 Å². The lowest BCUT2D eigenvalue weighted by molar-refractivity contribution is 0.388. The summed E-state index contributed by atoms with van der Waals surface area (Å²) in [6.45, 7) is 1.72. The Labute approximate surface area is 104 Å². The third-order valence-corrected chi connectivity index (χ3v) is 2.83. The van der Waals surface area contributed by atoms with Crippen LogP contribution in [0.2, 0.25) is 0 Å². The third kappa shape index (κ3) is 2.50. The molecule has 0 aliphatic carbocycles. The van der Waals surface area contributed by atoms with Crippen molar-refractivity contribution in [3.63, 3.8) is 0 Å². The zero-order chi connectivity index (χ0) is 11.5. The minimum atomic E-state index is 0.405. The second-order valence-electron chi connectivity index (χ2n) is 2.70. The van der Waals surface area contributed by atoms with E-state index in [0.717, 1.165) is 0 Å². The van der Waals surface area contributed by atoms with Gasteiger partial charge in [-0.3, -0.25) is 0 Å². The summed E-state index contributed by atoms with van der Waals surface area (Å²) in [4.78, 5) is 8.24. The van der Waals surface area contributed by atoms with E-state index in [-0.39, 0.29) is 0 Å². The van der Waals surface area contributed by atoms with E-state index >= 15 is 0 Å². The minimum absolute atomic E-state index is 0.405. The molecule has 0 aliphatic rings. The van der Waals surface area contributed by atoms with Gasteiger partial charge in [-0.15, -0.1) is 10.2 Å². The summed E-state index contributed by atoms with van der Waals surface area (Å²) < 4.78 is 10.9. The van der Waals surface area contributed by atoms with E-state index in [1.165, 1.54) is 11.8 Å². The van der Waals surface area contributed by atoms with Crippen LogP contribution in [-0.2, 0) is 0 Å². The number of hydrogen-bond donors (Lipinski definition) is 0. The van der Waals surface area contributed by atoms with Gasteiger partial charge in [0.1, 0.15) is 0 Å². The Morgan fingerprint density at radius 3 is 2.88 bits per heavy atom. The fourth-order valence-corrected chi connectivity index (χ4v) is 1.91. The van der Waals surface area contributed by atoms with Crippen molar-refractivity contribution in [2.45, 2.75) is 17.3 Å². The fourth-order valence-electron chi connectivity index (χ4n) is 0.926. The number of hydrogen-bond acceptors (Lipinski definition) is 7. The van der Waals surface area contributed by atoms with Crippen molar-refractivity contribution >= 4 is 27.7 Å². The molecule has 0 amide bonds. The molecular weight excluding hydrogens is 296 g/mol. The largest absolute Gasteiger partial charge is 0.480 e. The van der Waals surface area contributed by atoms with Crippen molar-refractivity contribution in [1.82, 2.24) is 20.2 Å². The van der Waals surface area contributed by atoms with Gasteiger partial charge in [0.05, 0.1) is 11.6 Å². The van der Waals surface area contributed by atoms with Crippen LogP contribution in [-0.4, -0.2) is 27.3 Å². The number of rotatable bonds is 3. The second kappa shape index (κ2) is 4.79. The Kier molecular flexibility index (Phi) is 3.39. The maximum atomic E-state index is 5.20. The molecule has 2 rings (SSSR count). The van der Waals surface area contributed by atoms with Crippen molar-refractivity contribution in [3.8, 4) is 5.88 Å². The molecule has 16 heavy (non-hydrogen) atoms. The highest BCUT2D eigenvalue weighted by molar-refractivity contribution is 9.10. The maximum absolute atomic E-state index is 5.20. The summed E-state index contributed by atoms with van der Waals surface area (Å²) in [5, 5.41) is 8.44. The average Bonchev–Trinajstić information content (AvgIpc) is 2.67. The highest BCUT2D eigenvalue weighted by Crippen LogP contribution is 2.27. The first-order valence-electron chi connectivity index (χ1n) is 4.23. The summed E-state index contributed by atoms with van der Waals surface area (Å²) in [5.74, 6) is 0.973. The molecule has 0 N–H and O–H groups in total. The molecule has 0 aliphatic heterocycles. The Bertz CT molecular complexity index is 505. The number of methoxy groups -OCH3 is 1. The molecule has 0 aromatic carbocycles. The van der Waals surface area contributed by atoms with Gasteiger partial charge in [-0.1, -0.05) is 0 Å². The highest BCUT2D eigenvalue weighted by atomic mass is 79.9. The molecule has 2 aromatic rings. The van der Waals surface area contributed by atoms with Gasteiger partial charge in [-0.2, -0.15) is 4.98 Å². The standard InChI is InChI=1S/C8H7BrN4O2S/c1-4-12-13-8(15-4)16-7-10-3-5(9)6(11-7)14-2/h3H,1-2H3. The molecular formula is C8H7BrN4O2S. The number of ether oxygens (including phenoxy) is 1. The molecule has 6 nitrogen and oxygen atoms in total. The molecule has 0 radical (unpaired) electrons. The van der Waals surface area contributed by atoms with Gasteiger partial charge >= 0.3 is 0 Å². The van der Waals surface area contributed by atoms with Crippen LogP contribution in [0.1, 0.15) is 5.89 Å². The van der Waals surface area contributed by atoms with Crippen LogP contribution in [0, 0.1) is 6.92 Å². The van der Waals surface area contributed by atoms with Crippen LogP contribution in [0.5, 0.6) is 5.88 Å². The molecule has 8 heteroatoms. The van der Waals surface area contributed by atoms with Crippen LogP contribution in [0.4, 0.5) is 0 Å². The van der Waals surface area contributed by atoms with Crippen LogP contribution < -0.4 is 4.74 Å². The quantitative estimate of drug-likeness (QED) is 0.804. The molecule has 84 valence electrons. The SMILES string of the molecule is COc1nc(Sc2nnc(C)o2)ncc1Br. The van der Waals surface area contributed by atoms with E-state index < -0.39 is 0 Å². The summed E-state index contributed by atoms with van der Waals surface area (Å²) in [6.07, 6.45) is 1.61. The lowest BCUT2D eigenvalue weighted by Crippen LogP contribution is -1.93. The first kappa shape index (κ1) is 11.3. The van der Waals surface area contributed by atoms with E-state index in [0.29, 0.717) is 26.6 Å². The average molecular weight is 303 g/mol. The molecule has 0 spiro atoms. The van der Waals surface area contributed by atoms with Gasteiger partial charge in [-0.25, -0.2) is 4.98 Å². The highest BCUT2D eigenvalue weighted by Gasteiger charge is 2.10. The monoisotopic (exact) mass is 302 g/mol. The van der Waals surface area contributed by atoms with Crippen molar-refractivity contribution in [3.05, 3.63) is 16.6 Å². The van der Waals surface area contributed by atoms with Crippen molar-refractivity contribution < 1.29 is 9.15 Å². The summed E-state index contributed by atoms with van der Waals surface area (Å²) >= 11 is 4.45. The molecule has 2 aromatic heterocycles. The molecule has 0 fully saturated rings. The number of aromatic nitrogens is 4. The van der Waals surface area contributed by atoms with E-state index in [4.69, 9.17) is 9.15 Å². The van der Waals surface area contributed by atoms with E-state index in [1.54, 1.807) is 20.2 Å². The predicted octanol–water partition coefficient (Wildman–Crippen LogP) is 2.09. The van der Waals surface area contributed by atoms with Crippen LogP contribution in [0.25, 0.3) is 0 Å². The molecule has 0 bridgehead atoms. The first-order chi connectivity index (χ1) is 7.69. The zero-order valence-corrected chi connectivity index (χ0v) is 10.9. The molecule has 0 atom stereocenters. The smallest absolute Gasteiger partial charge is 0.284 e. The predicted molar refractivity (Wildman–Crippen MR) is 59.4 cm³/mol. The van der Waals surface area contributed by atoms with Gasteiger partial charge in [0.15, 0.2) is 5.16 Å². The summed E-state index contributed by atoms with van der Waals surface area (Å²) in [6, 6.07) is 0. The Balaban J connectivity index is 2.21. The minimum Gasteiger partial charge on any atom is -0.480 e. The van der Waals surface area contributed by atoms with Crippen LogP contribution in [0.3, 0.4) is 0 Å². The molecule has 0 unspecified atom stereocenters. The van der Waals surface area contributed by atoms with E-state index in [2.05, 4.69) is 36.1 Å². The number of halogens is 1. The van der Waals surface area contributed by atoms with Gasteiger partial charge < -0.3 is 9.15 Å². The van der Waals surface area contributed by atoms with Gasteiger partial charge in [0, 0.05) is 24.9 Å². The van der Waals surface area contributed by atoms with Gasteiger partial charge in [0.2, 0.25) is 11.8 Å². The summed E-state index contributed by atoms with van der Waals surface area (Å²) in [7, 11) is 1.54. The topological polar surface area (TPSA) is 73.9 Å². The van der Waals surface area contributed by atoms with Crippen molar-refractivity contribution in [2.75, 3.05) is 7.11 Å². The molecule has 0 saturated heterocycles. The second-order valence-corrected chi connectivity index (χ2v) is 4.47. The third-order valence-electron chi connectivity index (χ3n) is 1.57. The Morgan fingerprint density at radius 2 is 2.25 bits per heavy atom. The van der Waals surface area contributed by atoms with Crippen molar-refractivity contribution in [2.24, 2.45) is 0 Å². The summed E-state index contributed by atoms with van der Waals surface area (Å²) in [5.41, 5.74) is 0. The van der Waals surface area contributed by atoms with Crippen LogP contribution >= 0.6 is 27.7 Å². The van der Waals surface area contributed by atoms with E-state index in [9.17, 15) is 0 Å². The number of aryl methyl sites for hydroxylation is 1. The fraction of sp³-hybridized carbons (Fsp3) is 0.250. The zero-order valence-electron chi connectivity index (χ0n) is 8.47. The Hall–Kier alpha value is -1.15. The molecule has 0 saturated carbocycles.